The number of carbonyl (C=O) groups is 2. The van der Waals surface area contributed by atoms with E-state index < -0.39 is 28.5 Å². The number of carbonyl (C=O) groups excluding carboxylic acids is 2. The molecular formula is C30H35Cl2N3O4S. The predicted molar refractivity (Wildman–Crippen MR) is 161 cm³/mol. The van der Waals surface area contributed by atoms with Gasteiger partial charge in [-0.1, -0.05) is 73.4 Å². The zero-order valence-corrected chi connectivity index (χ0v) is 25.4. The Labute approximate surface area is 247 Å². The zero-order chi connectivity index (χ0) is 29.4. The second kappa shape index (κ2) is 14.0. The molecule has 0 bridgehead atoms. The van der Waals surface area contributed by atoms with Gasteiger partial charge in [-0.2, -0.15) is 0 Å². The summed E-state index contributed by atoms with van der Waals surface area (Å²) in [6.45, 7) is 6.91. The highest BCUT2D eigenvalue weighted by Gasteiger charge is 2.33. The minimum atomic E-state index is -4.12. The predicted octanol–water partition coefficient (Wildman–Crippen LogP) is 6.08. The molecule has 0 radical (unpaired) electrons. The molecule has 0 aliphatic rings. The Morgan fingerprint density at radius 3 is 2.15 bits per heavy atom. The molecule has 2 atom stereocenters. The van der Waals surface area contributed by atoms with E-state index in [4.69, 9.17) is 23.2 Å². The summed E-state index contributed by atoms with van der Waals surface area (Å²) in [5, 5.41) is 3.68. The van der Waals surface area contributed by atoms with Crippen molar-refractivity contribution in [1.29, 1.82) is 0 Å². The molecule has 3 aromatic rings. The van der Waals surface area contributed by atoms with E-state index in [1.54, 1.807) is 55.5 Å². The number of hydrogen-bond acceptors (Lipinski definition) is 4. The number of anilines is 1. The monoisotopic (exact) mass is 603 g/mol. The maximum atomic E-state index is 14.0. The Balaban J connectivity index is 2.04. The van der Waals surface area contributed by atoms with E-state index in [1.807, 2.05) is 32.9 Å². The van der Waals surface area contributed by atoms with E-state index in [0.29, 0.717) is 27.7 Å². The number of sulfonamides is 1. The van der Waals surface area contributed by atoms with Crippen LogP contribution in [0.4, 0.5) is 5.69 Å². The van der Waals surface area contributed by atoms with Crippen LogP contribution in [0.1, 0.15) is 45.2 Å². The first-order chi connectivity index (χ1) is 19.0. The zero-order valence-electron chi connectivity index (χ0n) is 23.1. The molecule has 40 heavy (non-hydrogen) atoms. The largest absolute Gasteiger partial charge is 0.352 e. The van der Waals surface area contributed by atoms with Crippen LogP contribution in [0.15, 0.2) is 77.7 Å². The number of rotatable bonds is 12. The molecule has 1 N–H and O–H groups in total. The van der Waals surface area contributed by atoms with Crippen LogP contribution < -0.4 is 9.62 Å². The number of halogens is 2. The molecule has 0 saturated carbocycles. The van der Waals surface area contributed by atoms with Crippen molar-refractivity contribution in [2.24, 2.45) is 0 Å². The van der Waals surface area contributed by atoms with Crippen molar-refractivity contribution in [3.8, 4) is 0 Å². The van der Waals surface area contributed by atoms with Gasteiger partial charge in [-0.25, -0.2) is 8.42 Å². The molecule has 0 aliphatic carbocycles. The number of benzene rings is 3. The van der Waals surface area contributed by atoms with Crippen LogP contribution in [-0.2, 0) is 32.6 Å². The van der Waals surface area contributed by atoms with Gasteiger partial charge in [-0.05, 0) is 74.2 Å². The molecular weight excluding hydrogens is 569 g/mol. The Morgan fingerprint density at radius 1 is 0.925 bits per heavy atom. The van der Waals surface area contributed by atoms with Crippen LogP contribution in [0, 0.1) is 0 Å². The highest BCUT2D eigenvalue weighted by Crippen LogP contribution is 2.27. The minimum absolute atomic E-state index is 0.0159. The van der Waals surface area contributed by atoms with Gasteiger partial charge in [0, 0.05) is 22.6 Å². The van der Waals surface area contributed by atoms with E-state index in [9.17, 15) is 18.0 Å². The van der Waals surface area contributed by atoms with Gasteiger partial charge in [0.25, 0.3) is 10.0 Å². The Morgan fingerprint density at radius 2 is 1.57 bits per heavy atom. The van der Waals surface area contributed by atoms with Gasteiger partial charge in [0.2, 0.25) is 11.8 Å². The Bertz CT molecular complexity index is 1420. The molecule has 7 nitrogen and oxygen atoms in total. The molecule has 0 unspecified atom stereocenters. The lowest BCUT2D eigenvalue weighted by Gasteiger charge is -2.32. The molecule has 0 fully saturated rings. The fourth-order valence-corrected chi connectivity index (χ4v) is 5.93. The van der Waals surface area contributed by atoms with Gasteiger partial charge < -0.3 is 10.2 Å². The maximum absolute atomic E-state index is 14.0. The first kappa shape index (κ1) is 31.5. The summed E-state index contributed by atoms with van der Waals surface area (Å²) in [5.41, 5.74) is 1.95. The highest BCUT2D eigenvalue weighted by atomic mass is 35.5. The maximum Gasteiger partial charge on any atom is 0.264 e. The molecule has 0 aromatic heterocycles. The molecule has 0 heterocycles. The Kier molecular flexibility index (Phi) is 11.0. The van der Waals surface area contributed by atoms with Gasteiger partial charge in [0.1, 0.15) is 12.6 Å². The van der Waals surface area contributed by atoms with Crippen LogP contribution in [0.5, 0.6) is 0 Å². The smallest absolute Gasteiger partial charge is 0.264 e. The van der Waals surface area contributed by atoms with Crippen LogP contribution >= 0.6 is 23.2 Å². The van der Waals surface area contributed by atoms with Gasteiger partial charge in [-0.3, -0.25) is 13.9 Å². The quantitative estimate of drug-likeness (QED) is 0.272. The molecule has 2 amide bonds. The molecule has 3 rings (SSSR count). The highest BCUT2D eigenvalue weighted by molar-refractivity contribution is 7.92. The fraction of sp³-hybridized carbons (Fsp3) is 0.333. The number of nitrogens with one attached hydrogen (secondary N) is 1. The normalized spacial score (nSPS) is 12.8. The Hall–Kier alpha value is -3.07. The molecule has 0 spiro atoms. The van der Waals surface area contributed by atoms with Gasteiger partial charge in [-0.15, -0.1) is 0 Å². The van der Waals surface area contributed by atoms with Crippen LogP contribution in [-0.4, -0.2) is 43.8 Å². The number of aryl methyl sites for hydroxylation is 1. The standard InChI is InChI=1S/C30H35Cl2N3O4S/c1-5-21(3)33-30(37)22(4)34(19-24-14-15-25(31)18-28(24)32)29(36)20-35(26-16-12-23(6-2)13-17-26)40(38,39)27-10-8-7-9-11-27/h7-18,21-22H,5-6,19-20H2,1-4H3,(H,33,37)/t21-,22+/m0/s1. The molecule has 3 aromatic carbocycles. The molecule has 0 saturated heterocycles. The molecule has 0 aliphatic heterocycles. The first-order valence-electron chi connectivity index (χ1n) is 13.2. The van der Waals surface area contributed by atoms with Crippen molar-refractivity contribution in [2.45, 2.75) is 64.1 Å². The van der Waals surface area contributed by atoms with Crippen LogP contribution in [0.3, 0.4) is 0 Å². The molecule has 10 heteroatoms. The van der Waals surface area contributed by atoms with Crippen molar-refractivity contribution >= 4 is 50.7 Å². The second-order valence-corrected chi connectivity index (χ2v) is 12.3. The van der Waals surface area contributed by atoms with Crippen molar-refractivity contribution in [3.05, 3.63) is 94.0 Å². The SMILES string of the molecule is CCc1ccc(N(CC(=O)N(Cc2ccc(Cl)cc2Cl)[C@H](C)C(=O)N[C@@H](C)CC)S(=O)(=O)c2ccccc2)cc1. The van der Waals surface area contributed by atoms with Crippen molar-refractivity contribution in [2.75, 3.05) is 10.8 Å². The summed E-state index contributed by atoms with van der Waals surface area (Å²) in [4.78, 5) is 28.5. The summed E-state index contributed by atoms with van der Waals surface area (Å²) < 4.78 is 28.7. The van der Waals surface area contributed by atoms with Crippen LogP contribution in [0.2, 0.25) is 10.0 Å². The second-order valence-electron chi connectivity index (χ2n) is 9.60. The van der Waals surface area contributed by atoms with Crippen LogP contribution in [0.25, 0.3) is 0 Å². The van der Waals surface area contributed by atoms with E-state index in [-0.39, 0.29) is 23.4 Å². The average molecular weight is 605 g/mol. The summed E-state index contributed by atoms with van der Waals surface area (Å²) in [7, 11) is -4.12. The summed E-state index contributed by atoms with van der Waals surface area (Å²) in [6.07, 6.45) is 1.50. The number of hydrogen-bond donors (Lipinski definition) is 1. The third-order valence-electron chi connectivity index (χ3n) is 6.77. The van der Waals surface area contributed by atoms with E-state index >= 15 is 0 Å². The first-order valence-corrected chi connectivity index (χ1v) is 15.4. The van der Waals surface area contributed by atoms with Crippen molar-refractivity contribution in [3.63, 3.8) is 0 Å². The lowest BCUT2D eigenvalue weighted by Crippen LogP contribution is -2.52. The topological polar surface area (TPSA) is 86.8 Å². The van der Waals surface area contributed by atoms with Crippen molar-refractivity contribution in [1.82, 2.24) is 10.2 Å². The van der Waals surface area contributed by atoms with E-state index in [1.165, 1.54) is 17.0 Å². The van der Waals surface area contributed by atoms with E-state index in [2.05, 4.69) is 5.32 Å². The summed E-state index contributed by atoms with van der Waals surface area (Å²) in [6, 6.07) is 18.9. The average Bonchev–Trinajstić information content (AvgIpc) is 2.95. The fourth-order valence-electron chi connectivity index (χ4n) is 4.03. The van der Waals surface area contributed by atoms with Crippen molar-refractivity contribution < 1.29 is 18.0 Å². The van der Waals surface area contributed by atoms with Gasteiger partial charge in [0.15, 0.2) is 0 Å². The lowest BCUT2D eigenvalue weighted by atomic mass is 10.1. The number of nitrogens with zero attached hydrogens (tertiary/aromatic N) is 2. The van der Waals surface area contributed by atoms with Gasteiger partial charge >= 0.3 is 0 Å². The number of amides is 2. The van der Waals surface area contributed by atoms with E-state index in [0.717, 1.165) is 16.3 Å². The lowest BCUT2D eigenvalue weighted by molar-refractivity contribution is -0.139. The minimum Gasteiger partial charge on any atom is -0.352 e. The third kappa shape index (κ3) is 7.77. The van der Waals surface area contributed by atoms with Gasteiger partial charge in [0.05, 0.1) is 10.6 Å². The molecule has 214 valence electrons. The summed E-state index contributed by atoms with van der Waals surface area (Å²) >= 11 is 12.5. The third-order valence-corrected chi connectivity index (χ3v) is 9.14. The summed E-state index contributed by atoms with van der Waals surface area (Å²) in [5.74, 6) is -0.908.